The third-order valence-corrected chi connectivity index (χ3v) is 2.43. The maximum atomic E-state index is 10.4. The fourth-order valence-corrected chi connectivity index (χ4v) is 1.14. The molecule has 0 aromatic carbocycles. The van der Waals surface area contributed by atoms with Gasteiger partial charge in [0.1, 0.15) is 0 Å². The van der Waals surface area contributed by atoms with Crippen molar-refractivity contribution in [2.24, 2.45) is 5.92 Å². The van der Waals surface area contributed by atoms with Gasteiger partial charge in [-0.1, -0.05) is 13.8 Å². The molecule has 0 aliphatic heterocycles. The molecule has 0 rings (SSSR count). The van der Waals surface area contributed by atoms with E-state index in [1.54, 1.807) is 0 Å². The monoisotopic (exact) mass is 182 g/mol. The Labute approximate surface area is 66.4 Å². The second-order valence-electron chi connectivity index (χ2n) is 3.04. The summed E-state index contributed by atoms with van der Waals surface area (Å²) in [6.45, 7) is 3.87. The lowest BCUT2D eigenvalue weighted by molar-refractivity contribution is 0.187. The van der Waals surface area contributed by atoms with Crippen LogP contribution in [0.2, 0.25) is 0 Å². The first-order valence-corrected chi connectivity index (χ1v) is 5.25. The summed E-state index contributed by atoms with van der Waals surface area (Å²) >= 11 is 0. The van der Waals surface area contributed by atoms with Gasteiger partial charge in [0.15, 0.2) is 5.85 Å². The van der Waals surface area contributed by atoms with E-state index in [1.165, 1.54) is 0 Å². The molecule has 68 valence electrons. The van der Waals surface area contributed by atoms with Crippen molar-refractivity contribution in [1.82, 2.24) is 0 Å². The molecule has 5 heteroatoms. The van der Waals surface area contributed by atoms with Gasteiger partial charge in [0.2, 0.25) is 0 Å². The normalized spacial score (nSPS) is 15.5. The maximum Gasteiger partial charge on any atom is 0.353 e. The van der Waals surface area contributed by atoms with Crippen LogP contribution in [0, 0.1) is 5.92 Å². The Morgan fingerprint density at radius 1 is 1.27 bits per heavy atom. The fraction of sp³-hybridized carbons (Fsp3) is 1.00. The molecule has 4 nitrogen and oxygen atoms in total. The van der Waals surface area contributed by atoms with E-state index in [0.29, 0.717) is 12.3 Å². The van der Waals surface area contributed by atoms with Crippen molar-refractivity contribution < 1.29 is 19.5 Å². The molecule has 0 amide bonds. The molecule has 0 aliphatic rings. The van der Waals surface area contributed by atoms with Crippen LogP contribution in [0.3, 0.4) is 0 Å². The lowest BCUT2D eigenvalue weighted by atomic mass is 10.1. The first-order valence-electron chi connectivity index (χ1n) is 3.57. The van der Waals surface area contributed by atoms with Crippen LogP contribution in [0.1, 0.15) is 26.7 Å². The average molecular weight is 182 g/mol. The smallest absolute Gasteiger partial charge is 0.353 e. The molecule has 0 fully saturated rings. The molecule has 1 atom stereocenters. The van der Waals surface area contributed by atoms with Gasteiger partial charge >= 0.3 is 7.60 Å². The molecule has 1 unspecified atom stereocenters. The Balaban J connectivity index is 3.71. The Morgan fingerprint density at radius 3 is 2.00 bits per heavy atom. The van der Waals surface area contributed by atoms with Gasteiger partial charge in [0.05, 0.1) is 0 Å². The first-order chi connectivity index (χ1) is 4.84. The van der Waals surface area contributed by atoms with Crippen molar-refractivity contribution in [2.75, 3.05) is 0 Å². The van der Waals surface area contributed by atoms with E-state index >= 15 is 0 Å². The average Bonchev–Trinajstić information content (AvgIpc) is 1.80. The van der Waals surface area contributed by atoms with Crippen molar-refractivity contribution in [3.8, 4) is 0 Å². The van der Waals surface area contributed by atoms with Crippen molar-refractivity contribution in [3.63, 3.8) is 0 Å². The zero-order chi connectivity index (χ0) is 9.07. The highest BCUT2D eigenvalue weighted by atomic mass is 31.2. The van der Waals surface area contributed by atoms with E-state index in [-0.39, 0.29) is 6.42 Å². The van der Waals surface area contributed by atoms with Gasteiger partial charge in [0.25, 0.3) is 0 Å². The summed E-state index contributed by atoms with van der Waals surface area (Å²) in [5.74, 6) is -1.12. The highest BCUT2D eigenvalue weighted by molar-refractivity contribution is 7.52. The molecule has 0 aliphatic carbocycles. The summed E-state index contributed by atoms with van der Waals surface area (Å²) in [5, 5.41) is 8.87. The maximum absolute atomic E-state index is 10.4. The standard InChI is InChI=1S/C6H15O4P/c1-5(2)3-4-6(7)11(8,9)10/h5-7H,3-4H2,1-2H3,(H2,8,9,10). The van der Waals surface area contributed by atoms with Gasteiger partial charge in [-0.25, -0.2) is 0 Å². The van der Waals surface area contributed by atoms with E-state index < -0.39 is 13.4 Å². The molecular formula is C6H15O4P. The number of rotatable bonds is 4. The predicted octanol–water partition coefficient (Wildman–Crippen LogP) is 0.919. The van der Waals surface area contributed by atoms with Gasteiger partial charge in [-0.05, 0) is 18.8 Å². The van der Waals surface area contributed by atoms with Crippen molar-refractivity contribution in [1.29, 1.82) is 0 Å². The van der Waals surface area contributed by atoms with E-state index in [0.717, 1.165) is 0 Å². The summed E-state index contributed by atoms with van der Waals surface area (Å²) in [5.41, 5.74) is 0. The molecule has 0 aromatic rings. The minimum atomic E-state index is -4.26. The summed E-state index contributed by atoms with van der Waals surface area (Å²) < 4.78 is 10.4. The Kier molecular flexibility index (Phi) is 4.26. The minimum Gasteiger partial charge on any atom is -0.380 e. The summed E-state index contributed by atoms with van der Waals surface area (Å²) in [6.07, 6.45) is 0.800. The van der Waals surface area contributed by atoms with Gasteiger partial charge in [-0.2, -0.15) is 0 Å². The highest BCUT2D eigenvalue weighted by Gasteiger charge is 2.25. The Hall–Kier alpha value is 0.110. The van der Waals surface area contributed by atoms with Crippen molar-refractivity contribution >= 4 is 7.60 Å². The molecule has 3 N–H and O–H groups in total. The third kappa shape index (κ3) is 5.39. The van der Waals surface area contributed by atoms with E-state index in [1.807, 2.05) is 13.8 Å². The van der Waals surface area contributed by atoms with Crippen molar-refractivity contribution in [2.45, 2.75) is 32.5 Å². The molecule has 0 aromatic heterocycles. The Morgan fingerprint density at radius 2 is 1.73 bits per heavy atom. The van der Waals surface area contributed by atoms with Crippen molar-refractivity contribution in [3.05, 3.63) is 0 Å². The van der Waals surface area contributed by atoms with Gasteiger partial charge in [0, 0.05) is 0 Å². The van der Waals surface area contributed by atoms with E-state index in [9.17, 15) is 4.57 Å². The molecule has 0 spiro atoms. The minimum absolute atomic E-state index is 0.169. The first kappa shape index (κ1) is 11.1. The molecule has 0 heterocycles. The SMILES string of the molecule is CC(C)CCC(O)P(=O)(O)O. The van der Waals surface area contributed by atoms with Crippen LogP contribution >= 0.6 is 7.60 Å². The second-order valence-corrected chi connectivity index (χ2v) is 4.82. The van der Waals surface area contributed by atoms with Crippen LogP contribution in [-0.2, 0) is 4.57 Å². The molecule has 11 heavy (non-hydrogen) atoms. The lowest BCUT2D eigenvalue weighted by Crippen LogP contribution is -2.07. The van der Waals surface area contributed by atoms with Gasteiger partial charge in [-0.3, -0.25) is 4.57 Å². The van der Waals surface area contributed by atoms with Crippen LogP contribution < -0.4 is 0 Å². The zero-order valence-corrected chi connectivity index (χ0v) is 7.66. The molecule has 0 radical (unpaired) electrons. The molecular weight excluding hydrogens is 167 g/mol. The molecule has 0 bridgehead atoms. The zero-order valence-electron chi connectivity index (χ0n) is 6.77. The molecule has 0 saturated carbocycles. The van der Waals surface area contributed by atoms with Crippen LogP contribution in [0.25, 0.3) is 0 Å². The number of aliphatic hydroxyl groups is 1. The second kappa shape index (κ2) is 4.21. The van der Waals surface area contributed by atoms with E-state index in [2.05, 4.69) is 0 Å². The largest absolute Gasteiger partial charge is 0.380 e. The van der Waals surface area contributed by atoms with Crippen LogP contribution in [0.15, 0.2) is 0 Å². The van der Waals surface area contributed by atoms with Crippen LogP contribution in [0.5, 0.6) is 0 Å². The summed E-state index contributed by atoms with van der Waals surface area (Å²) in [7, 11) is -4.26. The number of aliphatic hydroxyl groups excluding tert-OH is 1. The summed E-state index contributed by atoms with van der Waals surface area (Å²) in [4.78, 5) is 16.9. The molecule has 0 saturated heterocycles. The predicted molar refractivity (Wildman–Crippen MR) is 42.1 cm³/mol. The van der Waals surface area contributed by atoms with Crippen LogP contribution in [0.4, 0.5) is 0 Å². The van der Waals surface area contributed by atoms with E-state index in [4.69, 9.17) is 14.9 Å². The quantitative estimate of drug-likeness (QED) is 0.565. The number of hydrogen-bond acceptors (Lipinski definition) is 2. The summed E-state index contributed by atoms with van der Waals surface area (Å²) in [6, 6.07) is 0. The fourth-order valence-electron chi connectivity index (χ4n) is 0.651. The van der Waals surface area contributed by atoms with Gasteiger partial charge in [-0.15, -0.1) is 0 Å². The van der Waals surface area contributed by atoms with Crippen LogP contribution in [-0.4, -0.2) is 20.7 Å². The number of hydrogen-bond donors (Lipinski definition) is 3. The topological polar surface area (TPSA) is 77.8 Å². The highest BCUT2D eigenvalue weighted by Crippen LogP contribution is 2.41. The third-order valence-electron chi connectivity index (χ3n) is 1.39. The lowest BCUT2D eigenvalue weighted by Gasteiger charge is -2.12. The Bertz CT molecular complexity index is 151. The van der Waals surface area contributed by atoms with Gasteiger partial charge < -0.3 is 14.9 Å².